The molecule has 0 radical (unpaired) electrons. The second-order valence-electron chi connectivity index (χ2n) is 5.46. The van der Waals surface area contributed by atoms with Crippen LogP contribution in [0.3, 0.4) is 0 Å². The van der Waals surface area contributed by atoms with E-state index in [1.54, 1.807) is 11.3 Å². The van der Waals surface area contributed by atoms with E-state index < -0.39 is 0 Å². The Kier molecular flexibility index (Phi) is 4.36. The predicted molar refractivity (Wildman–Crippen MR) is 91.4 cm³/mol. The quantitative estimate of drug-likeness (QED) is 0.754. The van der Waals surface area contributed by atoms with Crippen molar-refractivity contribution in [2.24, 2.45) is 0 Å². The molecular weight excluding hydrogens is 294 g/mol. The van der Waals surface area contributed by atoms with Crippen LogP contribution in [0.5, 0.6) is 0 Å². The molecule has 0 saturated carbocycles. The van der Waals surface area contributed by atoms with Crippen LogP contribution in [-0.4, -0.2) is 21.6 Å². The maximum absolute atomic E-state index is 9.57. The van der Waals surface area contributed by atoms with Gasteiger partial charge >= 0.3 is 0 Å². The number of anilines is 1. The average molecular weight is 313 g/mol. The lowest BCUT2D eigenvalue weighted by Gasteiger charge is -2.14. The lowest BCUT2D eigenvalue weighted by molar-refractivity contribution is 0.282. The molecule has 0 aliphatic heterocycles. The predicted octanol–water partition coefficient (Wildman–Crippen LogP) is 3.71. The Labute approximate surface area is 133 Å². The van der Waals surface area contributed by atoms with Crippen molar-refractivity contribution in [1.29, 1.82) is 0 Å². The first-order valence-electron chi connectivity index (χ1n) is 7.33. The summed E-state index contributed by atoms with van der Waals surface area (Å²) in [5.74, 6) is 1.06. The van der Waals surface area contributed by atoms with Crippen molar-refractivity contribution in [3.8, 4) is 0 Å². The minimum atomic E-state index is -0.0229. The first-order chi connectivity index (χ1) is 10.7. The summed E-state index contributed by atoms with van der Waals surface area (Å²) in [5.41, 5.74) is 2.81. The summed E-state index contributed by atoms with van der Waals surface area (Å²) in [5, 5.41) is 17.2. The van der Waals surface area contributed by atoms with Crippen LogP contribution >= 0.6 is 11.3 Å². The number of aliphatic hydroxyl groups excluding tert-OH is 1. The number of aliphatic hydroxyl groups is 1. The summed E-state index contributed by atoms with van der Waals surface area (Å²) in [6.45, 7) is 4.87. The molecule has 0 aliphatic carbocycles. The molecule has 5 heteroatoms. The van der Waals surface area contributed by atoms with Crippen LogP contribution in [0, 0.1) is 6.92 Å². The van der Waals surface area contributed by atoms with Gasteiger partial charge in [-0.25, -0.2) is 9.97 Å². The van der Waals surface area contributed by atoms with Gasteiger partial charge in [0.25, 0.3) is 0 Å². The van der Waals surface area contributed by atoms with E-state index >= 15 is 0 Å². The third kappa shape index (κ3) is 3.10. The van der Waals surface area contributed by atoms with E-state index in [1.807, 2.05) is 37.3 Å². The molecule has 4 nitrogen and oxygen atoms in total. The highest BCUT2D eigenvalue weighted by Crippen LogP contribution is 2.23. The normalized spacial score (nSPS) is 12.5. The largest absolute Gasteiger partial charge is 0.392 e. The van der Waals surface area contributed by atoms with Gasteiger partial charge in [-0.05, 0) is 19.1 Å². The van der Waals surface area contributed by atoms with E-state index in [1.165, 1.54) is 0 Å². The SMILES string of the molecule is Cc1csc(C(C)CNc2nc3ccccc3cc2CO)n1. The van der Waals surface area contributed by atoms with E-state index in [0.29, 0.717) is 5.92 Å². The van der Waals surface area contributed by atoms with Crippen LogP contribution < -0.4 is 5.32 Å². The number of hydrogen-bond donors (Lipinski definition) is 2. The number of fused-ring (bicyclic) bond motifs is 1. The third-order valence-corrected chi connectivity index (χ3v) is 4.80. The minimum Gasteiger partial charge on any atom is -0.392 e. The van der Waals surface area contributed by atoms with Gasteiger partial charge in [-0.3, -0.25) is 0 Å². The molecule has 1 aromatic carbocycles. The number of thiazole rings is 1. The molecule has 1 atom stereocenters. The minimum absolute atomic E-state index is 0.0229. The lowest BCUT2D eigenvalue weighted by atomic mass is 10.1. The van der Waals surface area contributed by atoms with Gasteiger partial charge in [0.1, 0.15) is 5.82 Å². The van der Waals surface area contributed by atoms with Crippen molar-refractivity contribution in [2.75, 3.05) is 11.9 Å². The molecule has 22 heavy (non-hydrogen) atoms. The molecule has 2 N–H and O–H groups in total. The van der Waals surface area contributed by atoms with Crippen LogP contribution in [-0.2, 0) is 6.61 Å². The summed E-state index contributed by atoms with van der Waals surface area (Å²) in [6, 6.07) is 9.92. The Morgan fingerprint density at radius 1 is 1.27 bits per heavy atom. The van der Waals surface area contributed by atoms with Gasteiger partial charge in [0.2, 0.25) is 0 Å². The average Bonchev–Trinajstić information content (AvgIpc) is 2.98. The van der Waals surface area contributed by atoms with Crippen molar-refractivity contribution in [2.45, 2.75) is 26.4 Å². The molecule has 2 aromatic heterocycles. The summed E-state index contributed by atoms with van der Waals surface area (Å²) >= 11 is 1.68. The van der Waals surface area contributed by atoms with E-state index in [2.05, 4.69) is 27.6 Å². The fourth-order valence-corrected chi connectivity index (χ4v) is 3.23. The number of rotatable bonds is 5. The van der Waals surface area contributed by atoms with E-state index in [-0.39, 0.29) is 6.61 Å². The molecule has 0 fully saturated rings. The van der Waals surface area contributed by atoms with E-state index in [4.69, 9.17) is 0 Å². The molecule has 0 amide bonds. The number of pyridine rings is 1. The molecule has 0 saturated heterocycles. The zero-order valence-electron chi connectivity index (χ0n) is 12.7. The first kappa shape index (κ1) is 14.9. The zero-order valence-corrected chi connectivity index (χ0v) is 13.5. The summed E-state index contributed by atoms with van der Waals surface area (Å²) in [6.07, 6.45) is 0. The Morgan fingerprint density at radius 2 is 2.09 bits per heavy atom. The van der Waals surface area contributed by atoms with Crippen molar-refractivity contribution in [3.63, 3.8) is 0 Å². The van der Waals surface area contributed by atoms with Crippen LogP contribution in [0.25, 0.3) is 10.9 Å². The molecule has 1 unspecified atom stereocenters. The van der Waals surface area contributed by atoms with Gasteiger partial charge in [0, 0.05) is 34.5 Å². The van der Waals surface area contributed by atoms with Crippen molar-refractivity contribution in [3.05, 3.63) is 52.0 Å². The molecule has 3 rings (SSSR count). The summed E-state index contributed by atoms with van der Waals surface area (Å²) in [7, 11) is 0. The van der Waals surface area contributed by atoms with Crippen molar-refractivity contribution >= 4 is 28.1 Å². The monoisotopic (exact) mass is 313 g/mol. The second kappa shape index (κ2) is 6.42. The number of benzene rings is 1. The van der Waals surface area contributed by atoms with E-state index in [0.717, 1.165) is 39.5 Å². The maximum Gasteiger partial charge on any atom is 0.132 e. The van der Waals surface area contributed by atoms with Gasteiger partial charge < -0.3 is 10.4 Å². The van der Waals surface area contributed by atoms with Crippen LogP contribution in [0.2, 0.25) is 0 Å². The zero-order chi connectivity index (χ0) is 15.5. The number of aryl methyl sites for hydroxylation is 1. The van der Waals surface area contributed by atoms with Crippen LogP contribution in [0.1, 0.15) is 29.1 Å². The summed E-state index contributed by atoms with van der Waals surface area (Å²) < 4.78 is 0. The number of para-hydroxylation sites is 1. The van der Waals surface area contributed by atoms with Crippen LogP contribution in [0.4, 0.5) is 5.82 Å². The first-order valence-corrected chi connectivity index (χ1v) is 8.20. The molecule has 0 aliphatic rings. The Hall–Kier alpha value is -1.98. The standard InChI is InChI=1S/C17H19N3OS/c1-11(17-19-12(2)10-22-17)8-18-16-14(9-21)7-13-5-3-4-6-15(13)20-16/h3-7,10-11,21H,8-9H2,1-2H3,(H,18,20). The maximum atomic E-state index is 9.57. The molecule has 2 heterocycles. The summed E-state index contributed by atoms with van der Waals surface area (Å²) in [4.78, 5) is 9.15. The molecule has 0 spiro atoms. The van der Waals surface area contributed by atoms with Gasteiger partial charge in [-0.15, -0.1) is 11.3 Å². The topological polar surface area (TPSA) is 58.0 Å². The molecule has 114 valence electrons. The van der Waals surface area contributed by atoms with Gasteiger partial charge in [-0.1, -0.05) is 25.1 Å². The molecule has 0 bridgehead atoms. The Bertz CT molecular complexity index is 784. The highest BCUT2D eigenvalue weighted by Gasteiger charge is 2.12. The van der Waals surface area contributed by atoms with Gasteiger partial charge in [0.15, 0.2) is 0 Å². The van der Waals surface area contributed by atoms with Crippen LogP contribution in [0.15, 0.2) is 35.7 Å². The Balaban J connectivity index is 1.80. The van der Waals surface area contributed by atoms with Gasteiger partial charge in [-0.2, -0.15) is 0 Å². The molecular formula is C17H19N3OS. The fraction of sp³-hybridized carbons (Fsp3) is 0.294. The fourth-order valence-electron chi connectivity index (χ4n) is 2.37. The van der Waals surface area contributed by atoms with Gasteiger partial charge in [0.05, 0.1) is 17.1 Å². The smallest absolute Gasteiger partial charge is 0.132 e. The Morgan fingerprint density at radius 3 is 2.82 bits per heavy atom. The van der Waals surface area contributed by atoms with Crippen molar-refractivity contribution < 1.29 is 5.11 Å². The number of nitrogens with zero attached hydrogens (tertiary/aromatic N) is 2. The number of aromatic nitrogens is 2. The highest BCUT2D eigenvalue weighted by molar-refractivity contribution is 7.09. The number of nitrogens with one attached hydrogen (secondary N) is 1. The molecule has 3 aromatic rings. The van der Waals surface area contributed by atoms with E-state index in [9.17, 15) is 5.11 Å². The highest BCUT2D eigenvalue weighted by atomic mass is 32.1. The second-order valence-corrected chi connectivity index (χ2v) is 6.35. The van der Waals surface area contributed by atoms with Crippen molar-refractivity contribution in [1.82, 2.24) is 9.97 Å². The lowest BCUT2D eigenvalue weighted by Crippen LogP contribution is -2.12. The third-order valence-electron chi connectivity index (χ3n) is 3.61. The number of hydrogen-bond acceptors (Lipinski definition) is 5.